The van der Waals surface area contributed by atoms with Crippen molar-refractivity contribution in [1.29, 1.82) is 0 Å². The highest BCUT2D eigenvalue weighted by molar-refractivity contribution is 6.08. The Balaban J connectivity index is 2.73. The summed E-state index contributed by atoms with van der Waals surface area (Å²) in [7, 11) is 0. The van der Waals surface area contributed by atoms with Crippen molar-refractivity contribution < 1.29 is 22.8 Å². The number of ketones is 2. The second-order valence-electron chi connectivity index (χ2n) is 2.93. The molecular formula is C11H7F3O2. The van der Waals surface area contributed by atoms with Crippen LogP contribution < -0.4 is 0 Å². The molecule has 0 atom stereocenters. The van der Waals surface area contributed by atoms with Crippen molar-refractivity contribution in [2.45, 2.75) is 6.18 Å². The molecule has 0 spiro atoms. The minimum absolute atomic E-state index is 0.230. The van der Waals surface area contributed by atoms with Crippen LogP contribution in [0.4, 0.5) is 13.2 Å². The maximum absolute atomic E-state index is 11.8. The van der Waals surface area contributed by atoms with Crippen LogP contribution in [0.2, 0.25) is 0 Å². The molecule has 0 saturated carbocycles. The van der Waals surface area contributed by atoms with Gasteiger partial charge in [-0.25, -0.2) is 0 Å². The fourth-order valence-electron chi connectivity index (χ4n) is 0.945. The van der Waals surface area contributed by atoms with Gasteiger partial charge in [0.05, 0.1) is 0 Å². The molecule has 1 rings (SSSR count). The van der Waals surface area contributed by atoms with Crippen LogP contribution in [0.3, 0.4) is 0 Å². The van der Waals surface area contributed by atoms with E-state index in [9.17, 15) is 22.8 Å². The quantitative estimate of drug-likeness (QED) is 0.588. The predicted molar refractivity (Wildman–Crippen MR) is 51.0 cm³/mol. The van der Waals surface area contributed by atoms with Crippen molar-refractivity contribution >= 4 is 11.6 Å². The lowest BCUT2D eigenvalue weighted by atomic mass is 10.1. The van der Waals surface area contributed by atoms with Gasteiger partial charge in [-0.15, -0.1) is 0 Å². The third kappa shape index (κ3) is 3.34. The summed E-state index contributed by atoms with van der Waals surface area (Å²) in [6, 6.07) is 7.72. The molecule has 1 aromatic rings. The van der Waals surface area contributed by atoms with Gasteiger partial charge in [0, 0.05) is 5.56 Å². The molecule has 0 aliphatic rings. The Kier molecular flexibility index (Phi) is 3.60. The Morgan fingerprint density at radius 2 is 1.56 bits per heavy atom. The standard InChI is InChI=1S/C11H7F3O2/c12-11(13,14)10(16)7-6-9(15)8-4-2-1-3-5-8/h1-7H/b7-6+. The second-order valence-corrected chi connectivity index (χ2v) is 2.93. The molecular weight excluding hydrogens is 221 g/mol. The number of carbonyl (C=O) groups excluding carboxylic acids is 2. The highest BCUT2D eigenvalue weighted by atomic mass is 19.4. The number of halogens is 3. The molecule has 0 fully saturated rings. The van der Waals surface area contributed by atoms with Crippen molar-refractivity contribution in [3.05, 3.63) is 48.0 Å². The van der Waals surface area contributed by atoms with Gasteiger partial charge in [0.25, 0.3) is 5.78 Å². The van der Waals surface area contributed by atoms with Gasteiger partial charge in [-0.05, 0) is 12.2 Å². The predicted octanol–water partition coefficient (Wildman–Crippen LogP) is 2.56. The van der Waals surface area contributed by atoms with Crippen molar-refractivity contribution in [1.82, 2.24) is 0 Å². The molecule has 0 aliphatic heterocycles. The minimum atomic E-state index is -4.94. The SMILES string of the molecule is O=C(/C=C/C(=O)C(F)(F)F)c1ccccc1. The molecule has 5 heteroatoms. The number of allylic oxidation sites excluding steroid dienone is 2. The number of hydrogen-bond acceptors (Lipinski definition) is 2. The Hall–Kier alpha value is -1.91. The summed E-state index contributed by atoms with van der Waals surface area (Å²) in [5.74, 6) is -2.69. The zero-order valence-electron chi connectivity index (χ0n) is 7.99. The van der Waals surface area contributed by atoms with Crippen LogP contribution >= 0.6 is 0 Å². The van der Waals surface area contributed by atoms with Gasteiger partial charge in [-0.1, -0.05) is 30.3 Å². The Morgan fingerprint density at radius 3 is 2.06 bits per heavy atom. The average Bonchev–Trinajstić information content (AvgIpc) is 2.25. The summed E-state index contributed by atoms with van der Waals surface area (Å²) in [6.45, 7) is 0. The normalized spacial score (nSPS) is 11.7. The average molecular weight is 228 g/mol. The molecule has 16 heavy (non-hydrogen) atoms. The van der Waals surface area contributed by atoms with E-state index in [2.05, 4.69) is 0 Å². The van der Waals surface area contributed by atoms with E-state index in [1.54, 1.807) is 18.2 Å². The lowest BCUT2D eigenvalue weighted by Gasteiger charge is -1.99. The molecule has 1 aromatic carbocycles. The molecule has 84 valence electrons. The molecule has 0 radical (unpaired) electrons. The fourth-order valence-corrected chi connectivity index (χ4v) is 0.945. The van der Waals surface area contributed by atoms with Crippen LogP contribution in [0.1, 0.15) is 10.4 Å². The Morgan fingerprint density at radius 1 is 1.00 bits per heavy atom. The number of hydrogen-bond donors (Lipinski definition) is 0. The van der Waals surface area contributed by atoms with Gasteiger partial charge in [0.2, 0.25) is 0 Å². The molecule has 0 amide bonds. The molecule has 0 aliphatic carbocycles. The minimum Gasteiger partial charge on any atom is -0.289 e. The highest BCUT2D eigenvalue weighted by Crippen LogP contribution is 2.16. The van der Waals surface area contributed by atoms with E-state index in [0.717, 1.165) is 0 Å². The zero-order valence-corrected chi connectivity index (χ0v) is 7.99. The van der Waals surface area contributed by atoms with E-state index in [4.69, 9.17) is 0 Å². The summed E-state index contributed by atoms with van der Waals surface area (Å²) < 4.78 is 35.4. The van der Waals surface area contributed by atoms with Crippen molar-refractivity contribution in [2.75, 3.05) is 0 Å². The number of benzene rings is 1. The van der Waals surface area contributed by atoms with Gasteiger partial charge in [-0.3, -0.25) is 9.59 Å². The van der Waals surface area contributed by atoms with Crippen LogP contribution in [0.15, 0.2) is 42.5 Å². The zero-order chi connectivity index (χ0) is 12.2. The van der Waals surface area contributed by atoms with Crippen LogP contribution in [0.5, 0.6) is 0 Å². The summed E-state index contributed by atoms with van der Waals surface area (Å²) in [5, 5.41) is 0. The molecule has 0 N–H and O–H groups in total. The summed E-state index contributed by atoms with van der Waals surface area (Å²) in [4.78, 5) is 21.7. The molecule has 0 bridgehead atoms. The van der Waals surface area contributed by atoms with Crippen LogP contribution in [0, 0.1) is 0 Å². The van der Waals surface area contributed by atoms with Gasteiger partial charge < -0.3 is 0 Å². The van der Waals surface area contributed by atoms with Crippen molar-refractivity contribution in [3.8, 4) is 0 Å². The monoisotopic (exact) mass is 228 g/mol. The first-order valence-electron chi connectivity index (χ1n) is 4.30. The Labute approximate surface area is 89.4 Å². The molecule has 0 saturated heterocycles. The van der Waals surface area contributed by atoms with E-state index in [-0.39, 0.29) is 11.6 Å². The van der Waals surface area contributed by atoms with E-state index in [1.807, 2.05) is 0 Å². The molecule has 0 aromatic heterocycles. The van der Waals surface area contributed by atoms with Crippen LogP contribution in [-0.4, -0.2) is 17.7 Å². The smallest absolute Gasteiger partial charge is 0.289 e. The topological polar surface area (TPSA) is 34.1 Å². The van der Waals surface area contributed by atoms with Gasteiger partial charge >= 0.3 is 6.18 Å². The van der Waals surface area contributed by atoms with E-state index >= 15 is 0 Å². The van der Waals surface area contributed by atoms with Crippen LogP contribution in [0.25, 0.3) is 0 Å². The molecule has 2 nitrogen and oxygen atoms in total. The maximum atomic E-state index is 11.8. The van der Waals surface area contributed by atoms with Crippen molar-refractivity contribution in [2.24, 2.45) is 0 Å². The van der Waals surface area contributed by atoms with Crippen molar-refractivity contribution in [3.63, 3.8) is 0 Å². The number of alkyl halides is 3. The second kappa shape index (κ2) is 4.74. The lowest BCUT2D eigenvalue weighted by Crippen LogP contribution is -2.20. The van der Waals surface area contributed by atoms with E-state index in [0.29, 0.717) is 6.08 Å². The van der Waals surface area contributed by atoms with E-state index in [1.165, 1.54) is 12.1 Å². The largest absolute Gasteiger partial charge is 0.454 e. The van der Waals surface area contributed by atoms with Crippen LogP contribution in [-0.2, 0) is 4.79 Å². The summed E-state index contributed by atoms with van der Waals surface area (Å²) in [5.41, 5.74) is 0.230. The first kappa shape index (κ1) is 12.2. The summed E-state index contributed by atoms with van der Waals surface area (Å²) >= 11 is 0. The van der Waals surface area contributed by atoms with Gasteiger partial charge in [0.1, 0.15) is 0 Å². The van der Waals surface area contributed by atoms with Gasteiger partial charge in [-0.2, -0.15) is 13.2 Å². The molecule has 0 unspecified atom stereocenters. The molecule has 0 heterocycles. The lowest BCUT2D eigenvalue weighted by molar-refractivity contribution is -0.165. The third-order valence-electron chi connectivity index (χ3n) is 1.72. The fraction of sp³-hybridized carbons (Fsp3) is 0.0909. The maximum Gasteiger partial charge on any atom is 0.454 e. The van der Waals surface area contributed by atoms with E-state index < -0.39 is 17.7 Å². The number of rotatable bonds is 3. The first-order valence-corrected chi connectivity index (χ1v) is 4.30. The Bertz CT molecular complexity index is 419. The van der Waals surface area contributed by atoms with Gasteiger partial charge in [0.15, 0.2) is 5.78 Å². The highest BCUT2D eigenvalue weighted by Gasteiger charge is 2.36. The summed E-state index contributed by atoms with van der Waals surface area (Å²) in [6.07, 6.45) is -4.09. The first-order chi connectivity index (χ1) is 7.41. The third-order valence-corrected chi connectivity index (χ3v) is 1.72. The number of carbonyl (C=O) groups is 2.